The van der Waals surface area contributed by atoms with E-state index in [1.165, 1.54) is 5.56 Å². The van der Waals surface area contributed by atoms with Crippen LogP contribution in [0.3, 0.4) is 0 Å². The largest absolute Gasteiger partial charge is 0.378 e. The third-order valence-corrected chi connectivity index (χ3v) is 4.52. The van der Waals surface area contributed by atoms with Gasteiger partial charge in [-0.1, -0.05) is 52.7 Å². The zero-order chi connectivity index (χ0) is 14.7. The van der Waals surface area contributed by atoms with Crippen molar-refractivity contribution in [2.45, 2.75) is 33.2 Å². The number of anilines is 1. The average Bonchev–Trinajstić information content (AvgIpc) is 2.41. The van der Waals surface area contributed by atoms with E-state index in [0.717, 1.165) is 32.7 Å². The summed E-state index contributed by atoms with van der Waals surface area (Å²) in [5, 5.41) is 4.45. The zero-order valence-corrected chi connectivity index (χ0v) is 14.3. The van der Waals surface area contributed by atoms with E-state index in [4.69, 9.17) is 11.6 Å². The molecule has 20 heavy (non-hydrogen) atoms. The van der Waals surface area contributed by atoms with E-state index in [1.807, 2.05) is 12.1 Å². The van der Waals surface area contributed by atoms with Crippen LogP contribution in [0, 0.1) is 13.8 Å². The molecule has 0 saturated heterocycles. The van der Waals surface area contributed by atoms with E-state index in [0.29, 0.717) is 6.04 Å². The lowest BCUT2D eigenvalue weighted by molar-refractivity contribution is 0.747. The van der Waals surface area contributed by atoms with Crippen molar-refractivity contribution in [3.63, 3.8) is 0 Å². The Hall–Kier alpha value is -0.990. The first kappa shape index (κ1) is 15.4. The van der Waals surface area contributed by atoms with Gasteiger partial charge in [0.1, 0.15) is 0 Å². The zero-order valence-electron chi connectivity index (χ0n) is 12.0. The van der Waals surface area contributed by atoms with Crippen LogP contribution >= 0.6 is 27.5 Å². The maximum atomic E-state index is 6.25. The molecule has 2 rings (SSSR count). The van der Waals surface area contributed by atoms with Gasteiger partial charge in [0.05, 0.1) is 6.04 Å². The Kier molecular flexibility index (Phi) is 5.11. The van der Waals surface area contributed by atoms with E-state index in [-0.39, 0.29) is 0 Å². The maximum Gasteiger partial charge on any atom is 0.0511 e. The van der Waals surface area contributed by atoms with Crippen molar-refractivity contribution in [2.24, 2.45) is 0 Å². The molecular formula is C17H19BrClN. The van der Waals surface area contributed by atoms with Crippen LogP contribution in [0.2, 0.25) is 5.02 Å². The van der Waals surface area contributed by atoms with Crippen LogP contribution < -0.4 is 5.32 Å². The highest BCUT2D eigenvalue weighted by molar-refractivity contribution is 9.10. The summed E-state index contributed by atoms with van der Waals surface area (Å²) in [6.07, 6.45) is 1.02. The average molecular weight is 353 g/mol. The Balaban J connectivity index is 2.29. The number of aryl methyl sites for hydroxylation is 2. The first-order valence-corrected chi connectivity index (χ1v) is 7.97. The summed E-state index contributed by atoms with van der Waals surface area (Å²) in [6.45, 7) is 6.31. The summed E-state index contributed by atoms with van der Waals surface area (Å²) >= 11 is 9.76. The fourth-order valence-electron chi connectivity index (χ4n) is 2.38. The van der Waals surface area contributed by atoms with Crippen LogP contribution in [0.5, 0.6) is 0 Å². The maximum absolute atomic E-state index is 6.25. The van der Waals surface area contributed by atoms with E-state index in [2.05, 4.69) is 66.3 Å². The van der Waals surface area contributed by atoms with Gasteiger partial charge in [-0.05, 0) is 55.2 Å². The third kappa shape index (κ3) is 3.56. The highest BCUT2D eigenvalue weighted by Crippen LogP contribution is 2.29. The molecule has 0 aromatic heterocycles. The first-order chi connectivity index (χ1) is 9.51. The quantitative estimate of drug-likeness (QED) is 0.682. The van der Waals surface area contributed by atoms with Crippen LogP contribution in [0.4, 0.5) is 5.69 Å². The number of nitrogens with one attached hydrogen (secondary N) is 1. The summed E-state index contributed by atoms with van der Waals surface area (Å²) in [6, 6.07) is 12.9. The van der Waals surface area contributed by atoms with Gasteiger partial charge < -0.3 is 5.32 Å². The molecule has 0 aliphatic carbocycles. The van der Waals surface area contributed by atoms with Crippen molar-refractivity contribution in [3.05, 3.63) is 62.6 Å². The lowest BCUT2D eigenvalue weighted by Gasteiger charge is -2.20. The summed E-state index contributed by atoms with van der Waals surface area (Å²) in [5.41, 5.74) is 4.68. The van der Waals surface area contributed by atoms with Gasteiger partial charge in [0.2, 0.25) is 0 Å². The van der Waals surface area contributed by atoms with Gasteiger partial charge in [0, 0.05) is 15.2 Å². The van der Waals surface area contributed by atoms with Gasteiger partial charge in [-0.25, -0.2) is 0 Å². The fourth-order valence-corrected chi connectivity index (χ4v) is 2.89. The van der Waals surface area contributed by atoms with Crippen LogP contribution in [0.15, 0.2) is 40.9 Å². The van der Waals surface area contributed by atoms with Crippen molar-refractivity contribution in [1.29, 1.82) is 0 Å². The van der Waals surface area contributed by atoms with Gasteiger partial charge in [-0.15, -0.1) is 0 Å². The second-order valence-corrected chi connectivity index (χ2v) is 6.38. The fraction of sp³-hybridized carbons (Fsp3) is 0.294. The van der Waals surface area contributed by atoms with Gasteiger partial charge in [0.25, 0.3) is 0 Å². The summed E-state index contributed by atoms with van der Waals surface area (Å²) in [7, 11) is 0. The normalized spacial score (nSPS) is 12.2. The molecule has 0 bridgehead atoms. The third-order valence-electron chi connectivity index (χ3n) is 3.43. The van der Waals surface area contributed by atoms with E-state index in [1.54, 1.807) is 0 Å². The van der Waals surface area contributed by atoms with Crippen molar-refractivity contribution in [3.8, 4) is 0 Å². The lowest BCUT2D eigenvalue weighted by atomic mass is 9.99. The van der Waals surface area contributed by atoms with Gasteiger partial charge in [0.15, 0.2) is 0 Å². The summed E-state index contributed by atoms with van der Waals surface area (Å²) in [5.74, 6) is 0. The molecule has 1 N–H and O–H groups in total. The Morgan fingerprint density at radius 2 is 1.80 bits per heavy atom. The lowest BCUT2D eigenvalue weighted by Crippen LogP contribution is -2.10. The minimum absolute atomic E-state index is 0.291. The molecule has 3 heteroatoms. The highest BCUT2D eigenvalue weighted by atomic mass is 79.9. The molecule has 0 spiro atoms. The molecule has 1 atom stereocenters. The van der Waals surface area contributed by atoms with E-state index < -0.39 is 0 Å². The predicted octanol–water partition coefficient (Wildman–Crippen LogP) is 6.28. The van der Waals surface area contributed by atoms with Gasteiger partial charge >= 0.3 is 0 Å². The Morgan fingerprint density at radius 1 is 1.15 bits per heavy atom. The van der Waals surface area contributed by atoms with Crippen LogP contribution in [0.1, 0.15) is 36.1 Å². The second-order valence-electron chi connectivity index (χ2n) is 5.08. The molecule has 0 amide bonds. The van der Waals surface area contributed by atoms with Crippen molar-refractivity contribution in [2.75, 3.05) is 5.32 Å². The summed E-state index contributed by atoms with van der Waals surface area (Å²) < 4.78 is 1.08. The number of halogens is 2. The van der Waals surface area contributed by atoms with Gasteiger partial charge in [-0.3, -0.25) is 0 Å². The minimum atomic E-state index is 0.291. The smallest absolute Gasteiger partial charge is 0.0511 e. The SMILES string of the molecule is CC[C@@H](Nc1cccc(Br)c1)c1cc(C)c(Cl)c(C)c1. The molecule has 0 fully saturated rings. The molecule has 0 aliphatic rings. The standard InChI is InChI=1S/C17H19BrClN/c1-4-16(20-15-7-5-6-14(18)10-15)13-8-11(2)17(19)12(3)9-13/h5-10,16,20H,4H2,1-3H3/t16-/m1/s1. The highest BCUT2D eigenvalue weighted by Gasteiger charge is 2.12. The molecule has 0 unspecified atom stereocenters. The second kappa shape index (κ2) is 6.64. The molecule has 0 saturated carbocycles. The number of hydrogen-bond donors (Lipinski definition) is 1. The Morgan fingerprint density at radius 3 is 2.35 bits per heavy atom. The molecular weight excluding hydrogens is 334 g/mol. The molecule has 0 aliphatic heterocycles. The van der Waals surface area contributed by atoms with Crippen LogP contribution in [0.25, 0.3) is 0 Å². The molecule has 1 nitrogen and oxygen atoms in total. The number of rotatable bonds is 4. The van der Waals surface area contributed by atoms with Crippen LogP contribution in [-0.2, 0) is 0 Å². The van der Waals surface area contributed by atoms with Crippen molar-refractivity contribution < 1.29 is 0 Å². The summed E-state index contributed by atoms with van der Waals surface area (Å²) in [4.78, 5) is 0. The molecule has 106 valence electrons. The Bertz CT molecular complexity index is 587. The van der Waals surface area contributed by atoms with E-state index in [9.17, 15) is 0 Å². The van der Waals surface area contributed by atoms with Gasteiger partial charge in [-0.2, -0.15) is 0 Å². The minimum Gasteiger partial charge on any atom is -0.378 e. The number of benzene rings is 2. The molecule has 2 aromatic carbocycles. The van der Waals surface area contributed by atoms with E-state index >= 15 is 0 Å². The Labute approximate surface area is 134 Å². The molecule has 0 heterocycles. The number of hydrogen-bond acceptors (Lipinski definition) is 1. The van der Waals surface area contributed by atoms with Crippen LogP contribution in [-0.4, -0.2) is 0 Å². The first-order valence-electron chi connectivity index (χ1n) is 6.80. The topological polar surface area (TPSA) is 12.0 Å². The van der Waals surface area contributed by atoms with Crippen molar-refractivity contribution in [1.82, 2.24) is 0 Å². The van der Waals surface area contributed by atoms with Crippen molar-refractivity contribution >= 4 is 33.2 Å². The predicted molar refractivity (Wildman–Crippen MR) is 91.7 cm³/mol. The molecule has 2 aromatic rings. The monoisotopic (exact) mass is 351 g/mol. The molecule has 0 radical (unpaired) electrons.